The van der Waals surface area contributed by atoms with E-state index in [9.17, 15) is 9.90 Å². The second-order valence-electron chi connectivity index (χ2n) is 7.97. The van der Waals surface area contributed by atoms with E-state index in [4.69, 9.17) is 9.47 Å². The zero-order valence-corrected chi connectivity index (χ0v) is 18.2. The summed E-state index contributed by atoms with van der Waals surface area (Å²) >= 11 is 0. The number of carbonyl (C=O) groups is 1. The molecule has 0 radical (unpaired) electrons. The Morgan fingerprint density at radius 2 is 1.79 bits per heavy atom. The lowest BCUT2D eigenvalue weighted by molar-refractivity contribution is 0.0697. The number of nitrogens with zero attached hydrogens (tertiary/aromatic N) is 4. The van der Waals surface area contributed by atoms with Crippen LogP contribution in [0.1, 0.15) is 15.9 Å². The number of para-hydroxylation sites is 1. The molecule has 33 heavy (non-hydrogen) atoms. The maximum Gasteiger partial charge on any atom is 0.337 e. The topological polar surface area (TPSA) is 81.8 Å². The van der Waals surface area contributed by atoms with Gasteiger partial charge in [0.25, 0.3) is 0 Å². The van der Waals surface area contributed by atoms with Crippen LogP contribution in [0.2, 0.25) is 0 Å². The van der Waals surface area contributed by atoms with Crippen LogP contribution in [0.5, 0.6) is 11.6 Å². The van der Waals surface area contributed by atoms with Crippen LogP contribution in [0.3, 0.4) is 0 Å². The number of aryl methyl sites for hydroxylation is 1. The predicted octanol–water partition coefficient (Wildman–Crippen LogP) is 3.76. The molecule has 0 saturated carbocycles. The lowest BCUT2D eigenvalue weighted by Crippen LogP contribution is -2.54. The molecule has 0 unspecified atom stereocenters. The fourth-order valence-corrected chi connectivity index (χ4v) is 3.91. The number of hydrogen-bond donors (Lipinski definition) is 1. The highest BCUT2D eigenvalue weighted by atomic mass is 16.5. The van der Waals surface area contributed by atoms with Crippen molar-refractivity contribution >= 4 is 11.7 Å². The summed E-state index contributed by atoms with van der Waals surface area (Å²) in [5.74, 6) is 0.450. The highest BCUT2D eigenvalue weighted by molar-refractivity contribution is 5.95. The Morgan fingerprint density at radius 1 is 1.03 bits per heavy atom. The summed E-state index contributed by atoms with van der Waals surface area (Å²) in [6.45, 7) is 1.81. The maximum absolute atomic E-state index is 11.8. The van der Waals surface area contributed by atoms with E-state index in [1.165, 1.54) is 0 Å². The molecule has 1 saturated heterocycles. The molecule has 8 heteroatoms. The van der Waals surface area contributed by atoms with Gasteiger partial charge in [0.15, 0.2) is 0 Å². The molecule has 168 valence electrons. The summed E-state index contributed by atoms with van der Waals surface area (Å²) in [6, 6.07) is 18.8. The first kappa shape index (κ1) is 20.7. The Hall–Kier alpha value is -4.20. The summed E-state index contributed by atoms with van der Waals surface area (Å²) in [5, 5.41) is 13.9. The van der Waals surface area contributed by atoms with Crippen molar-refractivity contribution in [3.63, 3.8) is 0 Å². The monoisotopic (exact) mass is 444 g/mol. The number of carboxylic acids is 1. The van der Waals surface area contributed by atoms with Gasteiger partial charge in [-0.1, -0.05) is 18.2 Å². The van der Waals surface area contributed by atoms with Gasteiger partial charge in [-0.05, 0) is 42.0 Å². The zero-order chi connectivity index (χ0) is 22.8. The number of ether oxygens (including phenoxy) is 2. The molecule has 2 aromatic heterocycles. The van der Waals surface area contributed by atoms with Gasteiger partial charge in [0.2, 0.25) is 5.88 Å². The molecule has 1 N–H and O–H groups in total. The second kappa shape index (κ2) is 8.74. The molecule has 1 aliphatic heterocycles. The summed E-state index contributed by atoms with van der Waals surface area (Å²) in [7, 11) is 1.85. The van der Waals surface area contributed by atoms with Crippen LogP contribution >= 0.6 is 0 Å². The van der Waals surface area contributed by atoms with E-state index in [1.807, 2.05) is 78.7 Å². The SMILES string of the molecule is Cn1ccc(OCc2ccc(OC3CN(c4cccc(C(=O)O)c4-n4cccc4)C3)cc2)n1. The van der Waals surface area contributed by atoms with Gasteiger partial charge in [-0.25, -0.2) is 4.79 Å². The summed E-state index contributed by atoms with van der Waals surface area (Å²) in [5.41, 5.74) is 2.86. The van der Waals surface area contributed by atoms with E-state index >= 15 is 0 Å². The third kappa shape index (κ3) is 4.41. The minimum atomic E-state index is -0.944. The van der Waals surface area contributed by atoms with E-state index in [2.05, 4.69) is 10.00 Å². The standard InChI is InChI=1S/C25H24N4O4/c1-27-14-11-23(26-27)32-17-18-7-9-19(10-8-18)33-20-15-29(16-20)22-6-4-5-21(25(30)31)24(22)28-12-2-3-13-28/h2-14,20H,15-17H2,1H3,(H,30,31). The maximum atomic E-state index is 11.8. The van der Waals surface area contributed by atoms with Crippen molar-refractivity contribution in [1.82, 2.24) is 14.3 Å². The van der Waals surface area contributed by atoms with Crippen LogP contribution < -0.4 is 14.4 Å². The highest BCUT2D eigenvalue weighted by Crippen LogP contribution is 2.32. The van der Waals surface area contributed by atoms with Crippen molar-refractivity contribution in [1.29, 1.82) is 0 Å². The van der Waals surface area contributed by atoms with Crippen molar-refractivity contribution in [3.05, 3.63) is 90.4 Å². The molecule has 0 bridgehead atoms. The fraction of sp³-hybridized carbons (Fsp3) is 0.200. The highest BCUT2D eigenvalue weighted by Gasteiger charge is 2.31. The van der Waals surface area contributed by atoms with Gasteiger partial charge >= 0.3 is 5.97 Å². The molecular weight excluding hydrogens is 420 g/mol. The smallest absolute Gasteiger partial charge is 0.337 e. The minimum Gasteiger partial charge on any atom is -0.487 e. The van der Waals surface area contributed by atoms with Gasteiger partial charge in [-0.2, -0.15) is 0 Å². The average Bonchev–Trinajstić information content (AvgIpc) is 3.47. The Morgan fingerprint density at radius 3 is 2.45 bits per heavy atom. The van der Waals surface area contributed by atoms with Crippen LogP contribution in [-0.4, -0.2) is 44.6 Å². The third-order valence-corrected chi connectivity index (χ3v) is 5.60. The lowest BCUT2D eigenvalue weighted by Gasteiger charge is -2.41. The first-order valence-corrected chi connectivity index (χ1v) is 10.7. The average molecular weight is 444 g/mol. The van der Waals surface area contributed by atoms with Crippen LogP contribution in [0, 0.1) is 0 Å². The van der Waals surface area contributed by atoms with E-state index in [-0.39, 0.29) is 11.7 Å². The Bertz CT molecular complexity index is 1240. The normalized spacial score (nSPS) is 13.5. The molecule has 0 amide bonds. The molecule has 3 heterocycles. The van der Waals surface area contributed by atoms with Crippen molar-refractivity contribution in [2.75, 3.05) is 18.0 Å². The Balaban J connectivity index is 1.21. The lowest BCUT2D eigenvalue weighted by atomic mass is 10.1. The van der Waals surface area contributed by atoms with Gasteiger partial charge in [0.1, 0.15) is 18.5 Å². The Kier molecular flexibility index (Phi) is 5.48. The third-order valence-electron chi connectivity index (χ3n) is 5.60. The van der Waals surface area contributed by atoms with Gasteiger partial charge in [-0.3, -0.25) is 4.68 Å². The summed E-state index contributed by atoms with van der Waals surface area (Å²) in [6.07, 6.45) is 5.59. The summed E-state index contributed by atoms with van der Waals surface area (Å²) in [4.78, 5) is 13.9. The van der Waals surface area contributed by atoms with Crippen molar-refractivity contribution in [3.8, 4) is 17.3 Å². The van der Waals surface area contributed by atoms with E-state index < -0.39 is 5.97 Å². The number of aromatic carboxylic acids is 1. The van der Waals surface area contributed by atoms with E-state index in [0.717, 1.165) is 17.0 Å². The van der Waals surface area contributed by atoms with Crippen molar-refractivity contribution in [2.45, 2.75) is 12.7 Å². The van der Waals surface area contributed by atoms with Crippen molar-refractivity contribution in [2.24, 2.45) is 7.05 Å². The first-order valence-electron chi connectivity index (χ1n) is 10.7. The van der Waals surface area contributed by atoms with Gasteiger partial charge in [-0.15, -0.1) is 5.10 Å². The van der Waals surface area contributed by atoms with Crippen LogP contribution in [0.15, 0.2) is 79.3 Å². The quantitative estimate of drug-likeness (QED) is 0.446. The fourth-order valence-electron chi connectivity index (χ4n) is 3.91. The van der Waals surface area contributed by atoms with Crippen molar-refractivity contribution < 1.29 is 19.4 Å². The van der Waals surface area contributed by atoms with Gasteiger partial charge < -0.3 is 24.0 Å². The zero-order valence-electron chi connectivity index (χ0n) is 18.2. The molecule has 2 aromatic carbocycles. The molecule has 1 fully saturated rings. The van der Waals surface area contributed by atoms with Gasteiger partial charge in [0, 0.05) is 31.7 Å². The molecule has 8 nitrogen and oxygen atoms in total. The Labute approximate surface area is 191 Å². The summed E-state index contributed by atoms with van der Waals surface area (Å²) < 4.78 is 15.3. The minimum absolute atomic E-state index is 0.0339. The number of hydrogen-bond acceptors (Lipinski definition) is 5. The molecule has 5 rings (SSSR count). The predicted molar refractivity (Wildman–Crippen MR) is 123 cm³/mol. The molecule has 4 aromatic rings. The molecule has 0 atom stereocenters. The molecule has 0 spiro atoms. The first-order chi connectivity index (χ1) is 16.1. The van der Waals surface area contributed by atoms with Crippen LogP contribution in [0.25, 0.3) is 5.69 Å². The number of aromatic nitrogens is 3. The second-order valence-corrected chi connectivity index (χ2v) is 7.97. The van der Waals surface area contributed by atoms with Gasteiger partial charge in [0.05, 0.1) is 30.0 Å². The largest absolute Gasteiger partial charge is 0.487 e. The molecular formula is C25H24N4O4. The van der Waals surface area contributed by atoms with E-state index in [1.54, 1.807) is 16.8 Å². The molecule has 1 aliphatic rings. The van der Waals surface area contributed by atoms with Crippen LogP contribution in [-0.2, 0) is 13.7 Å². The number of anilines is 1. The molecule has 0 aliphatic carbocycles. The number of benzene rings is 2. The number of carboxylic acid groups (broad SMARTS) is 1. The number of rotatable bonds is 8. The van der Waals surface area contributed by atoms with E-state index in [0.29, 0.717) is 31.3 Å². The van der Waals surface area contributed by atoms with Crippen LogP contribution in [0.4, 0.5) is 5.69 Å².